The lowest BCUT2D eigenvalue weighted by Crippen LogP contribution is -2.24. The minimum Gasteiger partial charge on any atom is -0.376 e. The van der Waals surface area contributed by atoms with Crippen molar-refractivity contribution in [2.75, 3.05) is 13.7 Å². The highest BCUT2D eigenvalue weighted by atomic mass is 32.1. The van der Waals surface area contributed by atoms with Crippen LogP contribution in [-0.2, 0) is 24.2 Å². The van der Waals surface area contributed by atoms with E-state index in [0.29, 0.717) is 18.5 Å². The smallest absolute Gasteiger partial charge is 0.268 e. The van der Waals surface area contributed by atoms with E-state index < -0.39 is 0 Å². The molecule has 3 heterocycles. The van der Waals surface area contributed by atoms with Gasteiger partial charge in [0.2, 0.25) is 0 Å². The summed E-state index contributed by atoms with van der Waals surface area (Å²) < 4.78 is 10.8. The third-order valence-electron chi connectivity index (χ3n) is 3.29. The Hall–Kier alpha value is -1.24. The number of hydrogen-bond donors (Lipinski definition) is 1. The van der Waals surface area contributed by atoms with Crippen LogP contribution >= 0.6 is 11.3 Å². The average Bonchev–Trinajstić information content (AvgIpc) is 3.04. The first-order chi connectivity index (χ1) is 9.26. The van der Waals surface area contributed by atoms with Crippen molar-refractivity contribution < 1.29 is 9.26 Å². The molecule has 3 rings (SSSR count). The molecule has 0 radical (unpaired) electrons. The highest BCUT2D eigenvalue weighted by Crippen LogP contribution is 2.33. The Kier molecular flexibility index (Phi) is 3.63. The maximum Gasteiger partial charge on any atom is 0.268 e. The predicted octanol–water partition coefficient (Wildman–Crippen LogP) is 2.02. The van der Waals surface area contributed by atoms with E-state index in [1.165, 1.54) is 10.4 Å². The second kappa shape index (κ2) is 5.40. The fourth-order valence-electron chi connectivity index (χ4n) is 2.07. The largest absolute Gasteiger partial charge is 0.376 e. The monoisotopic (exact) mass is 279 g/mol. The van der Waals surface area contributed by atoms with Gasteiger partial charge in [0.1, 0.15) is 0 Å². The van der Waals surface area contributed by atoms with Crippen molar-refractivity contribution in [3.63, 3.8) is 0 Å². The first kappa shape index (κ1) is 12.8. The van der Waals surface area contributed by atoms with Crippen molar-refractivity contribution in [2.45, 2.75) is 32.4 Å². The zero-order chi connectivity index (χ0) is 13.2. The summed E-state index contributed by atoms with van der Waals surface area (Å²) in [6.07, 6.45) is 1.76. The molecule has 5 nitrogen and oxygen atoms in total. The maximum absolute atomic E-state index is 5.45. The standard InChI is InChI=1S/C13H17N3O2S/c1-8(14-2)5-12-15-13(18-16-12)11-6-9-7-17-4-3-10(9)19-11/h6,8,14H,3-5,7H2,1-2H3. The first-order valence-electron chi connectivity index (χ1n) is 6.46. The number of likely N-dealkylation sites (N-methyl/N-ethyl adjacent to an activating group) is 1. The number of hydrogen-bond acceptors (Lipinski definition) is 6. The van der Waals surface area contributed by atoms with E-state index in [-0.39, 0.29) is 0 Å². The van der Waals surface area contributed by atoms with Gasteiger partial charge in [-0.1, -0.05) is 5.16 Å². The third kappa shape index (κ3) is 2.70. The van der Waals surface area contributed by atoms with Crippen LogP contribution in [0.25, 0.3) is 10.8 Å². The molecule has 102 valence electrons. The Bertz CT molecular complexity index is 540. The van der Waals surface area contributed by atoms with Gasteiger partial charge in [-0.3, -0.25) is 0 Å². The third-order valence-corrected chi connectivity index (χ3v) is 4.51. The molecule has 0 amide bonds. The Labute approximate surface area is 116 Å². The highest BCUT2D eigenvalue weighted by Gasteiger charge is 2.18. The number of nitrogens with one attached hydrogen (secondary N) is 1. The molecule has 1 aliphatic heterocycles. The fourth-order valence-corrected chi connectivity index (χ4v) is 3.14. The van der Waals surface area contributed by atoms with Crippen LogP contribution in [0.1, 0.15) is 23.2 Å². The van der Waals surface area contributed by atoms with E-state index in [1.807, 2.05) is 7.05 Å². The molecule has 0 saturated heterocycles. The highest BCUT2D eigenvalue weighted by molar-refractivity contribution is 7.15. The molecular weight excluding hydrogens is 262 g/mol. The van der Waals surface area contributed by atoms with Gasteiger partial charge in [0.25, 0.3) is 5.89 Å². The van der Waals surface area contributed by atoms with Crippen LogP contribution in [0, 0.1) is 0 Å². The van der Waals surface area contributed by atoms with Crippen molar-refractivity contribution in [1.29, 1.82) is 0 Å². The summed E-state index contributed by atoms with van der Waals surface area (Å²) in [6.45, 7) is 3.60. The normalized spacial score (nSPS) is 16.3. The summed E-state index contributed by atoms with van der Waals surface area (Å²) in [6, 6.07) is 2.45. The van der Waals surface area contributed by atoms with E-state index in [2.05, 4.69) is 28.4 Å². The van der Waals surface area contributed by atoms with E-state index in [4.69, 9.17) is 9.26 Å². The van der Waals surface area contributed by atoms with Crippen LogP contribution in [0.5, 0.6) is 0 Å². The van der Waals surface area contributed by atoms with Gasteiger partial charge < -0.3 is 14.6 Å². The van der Waals surface area contributed by atoms with E-state index in [1.54, 1.807) is 11.3 Å². The minimum atomic E-state index is 0.343. The van der Waals surface area contributed by atoms with E-state index in [9.17, 15) is 0 Å². The summed E-state index contributed by atoms with van der Waals surface area (Å²) in [5, 5.41) is 7.20. The van der Waals surface area contributed by atoms with Gasteiger partial charge in [-0.05, 0) is 25.6 Å². The lowest BCUT2D eigenvalue weighted by molar-refractivity contribution is 0.112. The first-order valence-corrected chi connectivity index (χ1v) is 7.27. The molecule has 1 N–H and O–H groups in total. The van der Waals surface area contributed by atoms with Crippen molar-refractivity contribution >= 4 is 11.3 Å². The van der Waals surface area contributed by atoms with Gasteiger partial charge in [-0.2, -0.15) is 4.98 Å². The van der Waals surface area contributed by atoms with Crippen LogP contribution in [0.4, 0.5) is 0 Å². The second-order valence-corrected chi connectivity index (χ2v) is 5.91. The molecule has 1 atom stereocenters. The molecule has 0 aliphatic carbocycles. The molecule has 0 spiro atoms. The van der Waals surface area contributed by atoms with Crippen LogP contribution in [0.2, 0.25) is 0 Å². The summed E-state index contributed by atoms with van der Waals surface area (Å²) in [5.41, 5.74) is 1.26. The summed E-state index contributed by atoms with van der Waals surface area (Å²) in [5.74, 6) is 1.37. The molecule has 2 aromatic heterocycles. The molecular formula is C13H17N3O2S. The Morgan fingerprint density at radius 3 is 3.21 bits per heavy atom. The van der Waals surface area contributed by atoms with Gasteiger partial charge in [0.05, 0.1) is 18.1 Å². The minimum absolute atomic E-state index is 0.343. The predicted molar refractivity (Wildman–Crippen MR) is 73.2 cm³/mol. The summed E-state index contributed by atoms with van der Waals surface area (Å²) in [4.78, 5) is 6.89. The number of rotatable bonds is 4. The van der Waals surface area contributed by atoms with Crippen LogP contribution in [0.3, 0.4) is 0 Å². The van der Waals surface area contributed by atoms with Crippen molar-refractivity contribution in [3.8, 4) is 10.8 Å². The molecule has 1 aliphatic rings. The van der Waals surface area contributed by atoms with Gasteiger partial charge in [0, 0.05) is 23.8 Å². The van der Waals surface area contributed by atoms with Crippen molar-refractivity contribution in [2.24, 2.45) is 0 Å². The molecule has 0 fully saturated rings. The van der Waals surface area contributed by atoms with Gasteiger partial charge >= 0.3 is 0 Å². The lowest BCUT2D eigenvalue weighted by Gasteiger charge is -2.10. The number of ether oxygens (including phenoxy) is 1. The Morgan fingerprint density at radius 2 is 2.42 bits per heavy atom. The van der Waals surface area contributed by atoms with Gasteiger partial charge in [-0.15, -0.1) is 11.3 Å². The second-order valence-electron chi connectivity index (χ2n) is 4.77. The molecule has 2 aromatic rings. The van der Waals surface area contributed by atoms with Crippen LogP contribution in [0.15, 0.2) is 10.6 Å². The molecule has 0 saturated carbocycles. The average molecular weight is 279 g/mol. The molecule has 6 heteroatoms. The van der Waals surface area contributed by atoms with Gasteiger partial charge in [-0.25, -0.2) is 0 Å². The van der Waals surface area contributed by atoms with E-state index >= 15 is 0 Å². The van der Waals surface area contributed by atoms with Crippen molar-refractivity contribution in [3.05, 3.63) is 22.3 Å². The lowest BCUT2D eigenvalue weighted by atomic mass is 10.2. The summed E-state index contributed by atoms with van der Waals surface area (Å²) >= 11 is 1.73. The maximum atomic E-state index is 5.45. The zero-order valence-corrected chi connectivity index (χ0v) is 11.9. The molecule has 1 unspecified atom stereocenters. The summed E-state index contributed by atoms with van der Waals surface area (Å²) in [7, 11) is 1.93. The number of nitrogens with zero attached hydrogens (tertiary/aromatic N) is 2. The van der Waals surface area contributed by atoms with Crippen LogP contribution in [-0.4, -0.2) is 29.8 Å². The van der Waals surface area contributed by atoms with Crippen LogP contribution < -0.4 is 5.32 Å². The topological polar surface area (TPSA) is 60.2 Å². The van der Waals surface area contributed by atoms with Crippen molar-refractivity contribution in [1.82, 2.24) is 15.5 Å². The fraction of sp³-hybridized carbons (Fsp3) is 0.538. The molecule has 19 heavy (non-hydrogen) atoms. The van der Waals surface area contributed by atoms with E-state index in [0.717, 1.165) is 30.2 Å². The molecule has 0 bridgehead atoms. The number of aromatic nitrogens is 2. The Balaban J connectivity index is 1.80. The quantitative estimate of drug-likeness (QED) is 0.928. The van der Waals surface area contributed by atoms with Gasteiger partial charge in [0.15, 0.2) is 5.82 Å². The Morgan fingerprint density at radius 1 is 1.53 bits per heavy atom. The SMILES string of the molecule is CNC(C)Cc1noc(-c2cc3c(s2)CCOC3)n1. The number of thiophene rings is 1. The number of fused-ring (bicyclic) bond motifs is 1. The molecule has 0 aromatic carbocycles. The zero-order valence-electron chi connectivity index (χ0n) is 11.1.